The van der Waals surface area contributed by atoms with Gasteiger partial charge in [-0.25, -0.2) is 0 Å². The van der Waals surface area contributed by atoms with Gasteiger partial charge in [0.05, 0.1) is 12.6 Å². The Morgan fingerprint density at radius 2 is 1.62 bits per heavy atom. The van der Waals surface area contributed by atoms with E-state index in [1.165, 1.54) is 22.4 Å². The van der Waals surface area contributed by atoms with Crippen LogP contribution < -0.4 is 10.6 Å². The molecular weight excluding hydrogens is 360 g/mol. The molecule has 1 atom stereocenters. The Bertz CT molecular complexity index is 745. The Kier molecular flexibility index (Phi) is 10.3. The number of hydrogen-bond donors (Lipinski definition) is 2. The predicted molar refractivity (Wildman–Crippen MR) is 121 cm³/mol. The minimum absolute atomic E-state index is 0.0785. The molecule has 0 bridgehead atoms. The summed E-state index contributed by atoms with van der Waals surface area (Å²) >= 11 is 0. The van der Waals surface area contributed by atoms with Crippen LogP contribution >= 0.6 is 0 Å². The number of unbranched alkanes of at least 4 members (excludes halogenated alkanes) is 3. The summed E-state index contributed by atoms with van der Waals surface area (Å²) in [5, 5.41) is 7.28. The van der Waals surface area contributed by atoms with Crippen LogP contribution in [0.4, 0.5) is 5.69 Å². The van der Waals surface area contributed by atoms with Crippen molar-refractivity contribution in [1.29, 1.82) is 0 Å². The highest BCUT2D eigenvalue weighted by Crippen LogP contribution is 2.30. The van der Waals surface area contributed by atoms with Gasteiger partial charge in [0.2, 0.25) is 0 Å². The summed E-state index contributed by atoms with van der Waals surface area (Å²) in [6, 6.07) is 17.3. The number of anilines is 1. The van der Waals surface area contributed by atoms with Gasteiger partial charge in [-0.3, -0.25) is 4.79 Å². The van der Waals surface area contributed by atoms with Crippen molar-refractivity contribution in [3.05, 3.63) is 65.2 Å². The molecule has 2 aromatic rings. The van der Waals surface area contributed by atoms with Gasteiger partial charge in [-0.2, -0.15) is 0 Å². The molecule has 2 N–H and O–H groups in total. The molecule has 0 spiro atoms. The minimum Gasteiger partial charge on any atom is -0.466 e. The second-order valence-electron chi connectivity index (χ2n) is 7.33. The van der Waals surface area contributed by atoms with E-state index in [1.54, 1.807) is 0 Å². The SMILES string of the molecule is CCNc1ccccc1C(NCCCCCCC(=O)OCC)c1ccccc1C. The van der Waals surface area contributed by atoms with Crippen LogP contribution in [0.5, 0.6) is 0 Å². The smallest absolute Gasteiger partial charge is 0.305 e. The fraction of sp³-hybridized carbons (Fsp3) is 0.480. The Hall–Kier alpha value is -2.33. The predicted octanol–water partition coefficient (Wildman–Crippen LogP) is 5.62. The topological polar surface area (TPSA) is 50.4 Å². The molecule has 0 radical (unpaired) electrons. The summed E-state index contributed by atoms with van der Waals surface area (Å²) in [4.78, 5) is 11.4. The van der Waals surface area contributed by atoms with Gasteiger partial charge in [0, 0.05) is 18.7 Å². The molecule has 0 amide bonds. The molecule has 2 rings (SSSR count). The first-order valence-corrected chi connectivity index (χ1v) is 10.9. The summed E-state index contributed by atoms with van der Waals surface area (Å²) in [6.07, 6.45) is 4.70. The highest BCUT2D eigenvalue weighted by molar-refractivity contribution is 5.69. The standard InChI is InChI=1S/C25H36N2O2/c1-4-26-23-17-12-11-16-22(23)25(21-15-10-9-14-20(21)3)27-19-13-7-6-8-18-24(28)29-5-2/h9-12,14-17,25-27H,4-8,13,18-19H2,1-3H3. The number of ether oxygens (including phenoxy) is 1. The van der Waals surface area contributed by atoms with Crippen LogP contribution in [0.2, 0.25) is 0 Å². The van der Waals surface area contributed by atoms with Crippen molar-refractivity contribution >= 4 is 11.7 Å². The molecule has 0 heterocycles. The lowest BCUT2D eigenvalue weighted by Crippen LogP contribution is -2.25. The zero-order valence-corrected chi connectivity index (χ0v) is 18.2. The van der Waals surface area contributed by atoms with Crippen LogP contribution in [-0.4, -0.2) is 25.7 Å². The van der Waals surface area contributed by atoms with Crippen LogP contribution in [0.15, 0.2) is 48.5 Å². The van der Waals surface area contributed by atoms with Gasteiger partial charge >= 0.3 is 5.97 Å². The first kappa shape index (κ1) is 23.0. The maximum Gasteiger partial charge on any atom is 0.305 e. The average molecular weight is 397 g/mol. The Balaban J connectivity index is 1.96. The van der Waals surface area contributed by atoms with Gasteiger partial charge in [0.15, 0.2) is 0 Å². The van der Waals surface area contributed by atoms with Crippen molar-refractivity contribution in [1.82, 2.24) is 5.32 Å². The van der Waals surface area contributed by atoms with Gasteiger partial charge in [-0.15, -0.1) is 0 Å². The zero-order valence-electron chi connectivity index (χ0n) is 18.2. The number of hydrogen-bond acceptors (Lipinski definition) is 4. The number of benzene rings is 2. The van der Waals surface area contributed by atoms with E-state index in [1.807, 2.05) is 6.92 Å². The maximum absolute atomic E-state index is 11.4. The van der Waals surface area contributed by atoms with Gasteiger partial charge < -0.3 is 15.4 Å². The lowest BCUT2D eigenvalue weighted by atomic mass is 9.93. The molecule has 0 aliphatic heterocycles. The number of aryl methyl sites for hydroxylation is 1. The van der Waals surface area contributed by atoms with E-state index in [0.717, 1.165) is 38.8 Å². The number of carbonyl (C=O) groups is 1. The molecule has 158 valence electrons. The Morgan fingerprint density at radius 1 is 0.931 bits per heavy atom. The summed E-state index contributed by atoms with van der Waals surface area (Å²) in [7, 11) is 0. The molecule has 0 saturated carbocycles. The Morgan fingerprint density at radius 3 is 2.34 bits per heavy atom. The van der Waals surface area contributed by atoms with Gasteiger partial charge in [-0.1, -0.05) is 55.3 Å². The van der Waals surface area contributed by atoms with Crippen LogP contribution in [0.25, 0.3) is 0 Å². The molecule has 0 aliphatic carbocycles. The molecule has 4 nitrogen and oxygen atoms in total. The third-order valence-corrected chi connectivity index (χ3v) is 5.10. The van der Waals surface area contributed by atoms with E-state index in [2.05, 4.69) is 73.0 Å². The zero-order chi connectivity index (χ0) is 20.9. The third-order valence-electron chi connectivity index (χ3n) is 5.10. The molecule has 4 heteroatoms. The lowest BCUT2D eigenvalue weighted by molar-refractivity contribution is -0.143. The van der Waals surface area contributed by atoms with Gasteiger partial charge in [0.1, 0.15) is 0 Å². The fourth-order valence-corrected chi connectivity index (χ4v) is 3.63. The van der Waals surface area contributed by atoms with E-state index in [4.69, 9.17) is 4.74 Å². The van der Waals surface area contributed by atoms with Gasteiger partial charge in [-0.05, 0) is 62.9 Å². The van der Waals surface area contributed by atoms with Crippen LogP contribution in [0, 0.1) is 6.92 Å². The lowest BCUT2D eigenvalue weighted by Gasteiger charge is -2.24. The maximum atomic E-state index is 11.4. The summed E-state index contributed by atoms with van der Waals surface area (Å²) < 4.78 is 4.98. The number of para-hydroxylation sites is 1. The van der Waals surface area contributed by atoms with Crippen molar-refractivity contribution in [3.63, 3.8) is 0 Å². The summed E-state index contributed by atoms with van der Waals surface area (Å²) in [5.74, 6) is -0.0785. The number of carbonyl (C=O) groups excluding carboxylic acids is 1. The number of nitrogens with one attached hydrogen (secondary N) is 2. The molecule has 0 aromatic heterocycles. The van der Waals surface area contributed by atoms with E-state index < -0.39 is 0 Å². The Labute approximate surface area is 176 Å². The molecule has 29 heavy (non-hydrogen) atoms. The number of rotatable bonds is 13. The van der Waals surface area contributed by atoms with Crippen LogP contribution in [0.1, 0.15) is 68.7 Å². The normalized spacial score (nSPS) is 11.8. The van der Waals surface area contributed by atoms with Crippen molar-refractivity contribution in [3.8, 4) is 0 Å². The summed E-state index contributed by atoms with van der Waals surface area (Å²) in [6.45, 7) is 8.47. The van der Waals surface area contributed by atoms with E-state index >= 15 is 0 Å². The van der Waals surface area contributed by atoms with Crippen molar-refractivity contribution in [2.24, 2.45) is 0 Å². The molecule has 0 aliphatic rings. The molecule has 0 saturated heterocycles. The second kappa shape index (κ2) is 13.0. The molecule has 1 unspecified atom stereocenters. The largest absolute Gasteiger partial charge is 0.466 e. The average Bonchev–Trinajstić information content (AvgIpc) is 2.72. The van der Waals surface area contributed by atoms with Crippen molar-refractivity contribution in [2.45, 2.75) is 58.9 Å². The number of esters is 1. The first-order chi connectivity index (χ1) is 14.2. The first-order valence-electron chi connectivity index (χ1n) is 10.9. The molecule has 2 aromatic carbocycles. The quantitative estimate of drug-likeness (QED) is 0.341. The van der Waals surface area contributed by atoms with E-state index in [9.17, 15) is 4.79 Å². The summed E-state index contributed by atoms with van der Waals surface area (Å²) in [5.41, 5.74) is 5.09. The molecule has 0 fully saturated rings. The minimum atomic E-state index is -0.0785. The van der Waals surface area contributed by atoms with E-state index in [-0.39, 0.29) is 12.0 Å². The van der Waals surface area contributed by atoms with Crippen LogP contribution in [-0.2, 0) is 9.53 Å². The monoisotopic (exact) mass is 396 g/mol. The van der Waals surface area contributed by atoms with Crippen LogP contribution in [0.3, 0.4) is 0 Å². The van der Waals surface area contributed by atoms with Crippen molar-refractivity contribution < 1.29 is 9.53 Å². The highest BCUT2D eigenvalue weighted by Gasteiger charge is 2.18. The highest BCUT2D eigenvalue weighted by atomic mass is 16.5. The van der Waals surface area contributed by atoms with Crippen molar-refractivity contribution in [2.75, 3.05) is 25.0 Å². The third kappa shape index (κ3) is 7.54. The van der Waals surface area contributed by atoms with Gasteiger partial charge in [0.25, 0.3) is 0 Å². The fourth-order valence-electron chi connectivity index (χ4n) is 3.63. The second-order valence-corrected chi connectivity index (χ2v) is 7.33. The molecular formula is C25H36N2O2. The van der Waals surface area contributed by atoms with E-state index in [0.29, 0.717) is 13.0 Å².